The molecule has 5 heteroatoms. The third-order valence-electron chi connectivity index (χ3n) is 2.28. The highest BCUT2D eigenvalue weighted by Crippen LogP contribution is 2.22. The van der Waals surface area contributed by atoms with E-state index in [1.54, 1.807) is 29.5 Å². The molecule has 0 atom stereocenters. The number of ether oxygens (including phenoxy) is 1. The largest absolute Gasteiger partial charge is 0.489 e. The van der Waals surface area contributed by atoms with Crippen LogP contribution in [-0.2, 0) is 17.8 Å². The molecule has 1 heterocycles. The zero-order valence-electron chi connectivity index (χ0n) is 9.43. The van der Waals surface area contributed by atoms with Gasteiger partial charge in [-0.3, -0.25) is 4.79 Å². The smallest absolute Gasteiger partial charge is 0.307 e. The number of thiophene rings is 1. The van der Waals surface area contributed by atoms with Crippen LogP contribution < -0.4 is 4.74 Å². The lowest BCUT2D eigenvalue weighted by Crippen LogP contribution is -2.00. The SMILES string of the molecule is O=C(O)Cc1cccc(OCc2csc(Br)c2)c1. The maximum Gasteiger partial charge on any atom is 0.307 e. The molecule has 1 aromatic carbocycles. The van der Waals surface area contributed by atoms with Crippen LogP contribution in [0.3, 0.4) is 0 Å². The van der Waals surface area contributed by atoms with Crippen LogP contribution in [-0.4, -0.2) is 11.1 Å². The van der Waals surface area contributed by atoms with E-state index in [-0.39, 0.29) is 6.42 Å². The van der Waals surface area contributed by atoms with Crippen LogP contribution in [0.5, 0.6) is 5.75 Å². The summed E-state index contributed by atoms with van der Waals surface area (Å²) in [7, 11) is 0. The van der Waals surface area contributed by atoms with Gasteiger partial charge in [0.05, 0.1) is 10.2 Å². The van der Waals surface area contributed by atoms with Crippen molar-refractivity contribution in [3.05, 3.63) is 50.6 Å². The van der Waals surface area contributed by atoms with Crippen LogP contribution in [0, 0.1) is 0 Å². The quantitative estimate of drug-likeness (QED) is 0.910. The minimum Gasteiger partial charge on any atom is -0.489 e. The average molecular weight is 327 g/mol. The Kier molecular flexibility index (Phi) is 4.38. The van der Waals surface area contributed by atoms with Crippen molar-refractivity contribution in [2.75, 3.05) is 0 Å². The van der Waals surface area contributed by atoms with E-state index in [0.717, 1.165) is 14.9 Å². The van der Waals surface area contributed by atoms with Crippen molar-refractivity contribution in [3.8, 4) is 5.75 Å². The Labute approximate surface area is 117 Å². The lowest BCUT2D eigenvalue weighted by molar-refractivity contribution is -0.136. The molecule has 0 bridgehead atoms. The molecule has 0 spiro atoms. The van der Waals surface area contributed by atoms with Gasteiger partial charge in [-0.25, -0.2) is 0 Å². The number of carbonyl (C=O) groups is 1. The van der Waals surface area contributed by atoms with Gasteiger partial charge in [0.15, 0.2) is 0 Å². The van der Waals surface area contributed by atoms with Crippen molar-refractivity contribution < 1.29 is 14.6 Å². The van der Waals surface area contributed by atoms with Gasteiger partial charge < -0.3 is 9.84 Å². The van der Waals surface area contributed by atoms with E-state index < -0.39 is 5.97 Å². The van der Waals surface area contributed by atoms with Gasteiger partial charge in [-0.1, -0.05) is 12.1 Å². The van der Waals surface area contributed by atoms with E-state index in [1.165, 1.54) is 0 Å². The van der Waals surface area contributed by atoms with Gasteiger partial charge in [0.1, 0.15) is 12.4 Å². The molecule has 1 N–H and O–H groups in total. The van der Waals surface area contributed by atoms with Gasteiger partial charge in [0, 0.05) is 5.56 Å². The second kappa shape index (κ2) is 6.02. The molecule has 18 heavy (non-hydrogen) atoms. The average Bonchev–Trinajstić information content (AvgIpc) is 2.72. The Bertz CT molecular complexity index is 551. The summed E-state index contributed by atoms with van der Waals surface area (Å²) in [6, 6.07) is 9.17. The Morgan fingerprint density at radius 1 is 1.33 bits per heavy atom. The van der Waals surface area contributed by atoms with E-state index in [2.05, 4.69) is 15.9 Å². The summed E-state index contributed by atoms with van der Waals surface area (Å²) < 4.78 is 6.69. The molecule has 0 radical (unpaired) electrons. The Morgan fingerprint density at radius 3 is 2.83 bits per heavy atom. The van der Waals surface area contributed by atoms with E-state index in [0.29, 0.717) is 12.4 Å². The summed E-state index contributed by atoms with van der Waals surface area (Å²) in [6.45, 7) is 0.485. The van der Waals surface area contributed by atoms with Gasteiger partial charge in [-0.05, 0) is 45.1 Å². The lowest BCUT2D eigenvalue weighted by Gasteiger charge is -2.06. The first-order valence-electron chi connectivity index (χ1n) is 5.30. The maximum absolute atomic E-state index is 10.6. The second-order valence-corrected chi connectivity index (χ2v) is 6.06. The van der Waals surface area contributed by atoms with Crippen LogP contribution in [0.1, 0.15) is 11.1 Å². The van der Waals surface area contributed by atoms with Crippen molar-refractivity contribution in [2.45, 2.75) is 13.0 Å². The summed E-state index contributed by atoms with van der Waals surface area (Å²) >= 11 is 5.00. The van der Waals surface area contributed by atoms with Gasteiger partial charge >= 0.3 is 5.97 Å². The van der Waals surface area contributed by atoms with Crippen molar-refractivity contribution in [1.82, 2.24) is 0 Å². The van der Waals surface area contributed by atoms with Crippen LogP contribution in [0.4, 0.5) is 0 Å². The third kappa shape index (κ3) is 3.85. The number of halogens is 1. The summed E-state index contributed by atoms with van der Waals surface area (Å²) in [6.07, 6.45) is 0.0151. The molecule has 0 aliphatic rings. The van der Waals surface area contributed by atoms with Crippen LogP contribution in [0.15, 0.2) is 39.5 Å². The highest BCUT2D eigenvalue weighted by atomic mass is 79.9. The summed E-state index contributed by atoms with van der Waals surface area (Å²) in [5, 5.41) is 10.7. The first kappa shape index (κ1) is 13.1. The van der Waals surface area contributed by atoms with Crippen molar-refractivity contribution in [1.29, 1.82) is 0 Å². The van der Waals surface area contributed by atoms with Crippen LogP contribution in [0.25, 0.3) is 0 Å². The molecule has 0 saturated carbocycles. The van der Waals surface area contributed by atoms with Gasteiger partial charge in [0.2, 0.25) is 0 Å². The third-order valence-corrected chi connectivity index (χ3v) is 3.83. The highest BCUT2D eigenvalue weighted by molar-refractivity contribution is 9.11. The molecule has 2 aromatic rings. The fourth-order valence-electron chi connectivity index (χ4n) is 1.51. The number of benzene rings is 1. The molecular formula is C13H11BrO3S. The van der Waals surface area contributed by atoms with E-state index in [1.807, 2.05) is 17.5 Å². The molecular weight excluding hydrogens is 316 g/mol. The molecule has 0 aliphatic heterocycles. The number of hydrogen-bond donors (Lipinski definition) is 1. The number of rotatable bonds is 5. The predicted molar refractivity (Wildman–Crippen MR) is 74.1 cm³/mol. The minimum absolute atomic E-state index is 0.0151. The molecule has 3 nitrogen and oxygen atoms in total. The zero-order valence-corrected chi connectivity index (χ0v) is 11.8. The number of carboxylic acids is 1. The van der Waals surface area contributed by atoms with Gasteiger partial charge in [-0.15, -0.1) is 11.3 Å². The molecule has 0 amide bonds. The highest BCUT2D eigenvalue weighted by Gasteiger charge is 2.03. The minimum atomic E-state index is -0.839. The van der Waals surface area contributed by atoms with Crippen molar-refractivity contribution in [2.24, 2.45) is 0 Å². The van der Waals surface area contributed by atoms with E-state index in [4.69, 9.17) is 9.84 Å². The second-order valence-electron chi connectivity index (χ2n) is 3.77. The monoisotopic (exact) mass is 326 g/mol. The Morgan fingerprint density at radius 2 is 2.17 bits per heavy atom. The Balaban J connectivity index is 1.98. The normalized spacial score (nSPS) is 10.3. The van der Waals surface area contributed by atoms with Gasteiger partial charge in [-0.2, -0.15) is 0 Å². The van der Waals surface area contributed by atoms with Crippen molar-refractivity contribution in [3.63, 3.8) is 0 Å². The number of hydrogen-bond acceptors (Lipinski definition) is 3. The summed E-state index contributed by atoms with van der Waals surface area (Å²) in [5.41, 5.74) is 1.84. The number of carboxylic acid groups (broad SMARTS) is 1. The molecule has 0 aliphatic carbocycles. The molecule has 0 fully saturated rings. The van der Waals surface area contributed by atoms with Crippen LogP contribution >= 0.6 is 27.3 Å². The van der Waals surface area contributed by atoms with Crippen molar-refractivity contribution >= 4 is 33.2 Å². The fourth-order valence-corrected chi connectivity index (χ4v) is 2.70. The maximum atomic E-state index is 10.6. The first-order chi connectivity index (χ1) is 8.63. The van der Waals surface area contributed by atoms with E-state index in [9.17, 15) is 4.79 Å². The molecule has 94 valence electrons. The summed E-state index contributed by atoms with van der Waals surface area (Å²) in [5.74, 6) is -0.148. The first-order valence-corrected chi connectivity index (χ1v) is 6.97. The molecule has 0 saturated heterocycles. The molecule has 0 unspecified atom stereocenters. The lowest BCUT2D eigenvalue weighted by atomic mass is 10.1. The molecule has 1 aromatic heterocycles. The standard InChI is InChI=1S/C13H11BrO3S/c14-12-5-10(8-18-12)7-17-11-3-1-2-9(4-11)6-13(15)16/h1-5,8H,6-7H2,(H,15,16). The topological polar surface area (TPSA) is 46.5 Å². The molecule has 2 rings (SSSR count). The number of aliphatic carboxylic acids is 1. The summed E-state index contributed by atoms with van der Waals surface area (Å²) in [4.78, 5) is 10.6. The Hall–Kier alpha value is -1.33. The van der Waals surface area contributed by atoms with Gasteiger partial charge in [0.25, 0.3) is 0 Å². The van der Waals surface area contributed by atoms with E-state index >= 15 is 0 Å². The zero-order chi connectivity index (χ0) is 13.0. The predicted octanol–water partition coefficient (Wildman–Crippen LogP) is 3.72. The fraction of sp³-hybridized carbons (Fsp3) is 0.154. The van der Waals surface area contributed by atoms with Crippen LogP contribution in [0.2, 0.25) is 0 Å².